The number of nitrogens with one attached hydrogen (secondary N) is 1. The van der Waals surface area contributed by atoms with Crippen LogP contribution in [0.25, 0.3) is 0 Å². The van der Waals surface area contributed by atoms with E-state index in [2.05, 4.69) is 15.3 Å². The molecular formula is C20H21ClF3N3O3. The lowest BCUT2D eigenvalue weighted by Gasteiger charge is -2.11. The molecule has 10 heteroatoms. The van der Waals surface area contributed by atoms with E-state index in [4.69, 9.17) is 16.3 Å². The maximum atomic E-state index is 12.6. The molecule has 0 atom stereocenters. The maximum Gasteiger partial charge on any atom is 0.417 e. The van der Waals surface area contributed by atoms with Crippen LogP contribution in [0.1, 0.15) is 48.3 Å². The minimum absolute atomic E-state index is 0.0465. The number of pyridine rings is 2. The van der Waals surface area contributed by atoms with Crippen molar-refractivity contribution in [2.75, 3.05) is 11.9 Å². The fourth-order valence-corrected chi connectivity index (χ4v) is 2.62. The first-order valence-electron chi connectivity index (χ1n) is 9.15. The summed E-state index contributed by atoms with van der Waals surface area (Å²) in [5.74, 6) is -0.449. The smallest absolute Gasteiger partial charge is 0.417 e. The van der Waals surface area contributed by atoms with E-state index in [1.54, 1.807) is 26.8 Å². The highest BCUT2D eigenvalue weighted by Crippen LogP contribution is 2.33. The van der Waals surface area contributed by atoms with Crippen molar-refractivity contribution in [3.05, 3.63) is 46.2 Å². The summed E-state index contributed by atoms with van der Waals surface area (Å²) in [4.78, 5) is 32.0. The molecule has 2 aromatic heterocycles. The first-order valence-corrected chi connectivity index (χ1v) is 9.53. The SMILES string of the molecule is Cc1cc(C(=O)CCCOc2ncc(C(F)(F)F)cc2Cl)cc(NC(=O)C(C)C)n1. The largest absolute Gasteiger partial charge is 0.477 e. The molecule has 6 nitrogen and oxygen atoms in total. The first kappa shape index (κ1) is 23.6. The molecule has 1 N–H and O–H groups in total. The van der Waals surface area contributed by atoms with Crippen molar-refractivity contribution in [3.8, 4) is 5.88 Å². The number of ether oxygens (including phenoxy) is 1. The fraction of sp³-hybridized carbons (Fsp3) is 0.400. The summed E-state index contributed by atoms with van der Waals surface area (Å²) in [6.07, 6.45) is -3.48. The number of Topliss-reactive ketones (excluding diaryl/α,β-unsaturated/α-hetero) is 1. The van der Waals surface area contributed by atoms with E-state index in [9.17, 15) is 22.8 Å². The van der Waals surface area contributed by atoms with Crippen molar-refractivity contribution in [1.29, 1.82) is 0 Å². The van der Waals surface area contributed by atoms with Gasteiger partial charge in [0.2, 0.25) is 11.8 Å². The third-order valence-corrected chi connectivity index (χ3v) is 4.24. The first-order chi connectivity index (χ1) is 14.0. The van der Waals surface area contributed by atoms with Gasteiger partial charge < -0.3 is 10.1 Å². The summed E-state index contributed by atoms with van der Waals surface area (Å²) >= 11 is 5.78. The Morgan fingerprint density at radius 3 is 2.53 bits per heavy atom. The van der Waals surface area contributed by atoms with Crippen LogP contribution in [0.4, 0.5) is 19.0 Å². The number of nitrogens with zero attached hydrogens (tertiary/aromatic N) is 2. The van der Waals surface area contributed by atoms with Gasteiger partial charge in [-0.05, 0) is 31.5 Å². The minimum Gasteiger partial charge on any atom is -0.477 e. The van der Waals surface area contributed by atoms with E-state index in [0.29, 0.717) is 29.7 Å². The van der Waals surface area contributed by atoms with Gasteiger partial charge >= 0.3 is 6.18 Å². The third kappa shape index (κ3) is 6.69. The molecule has 2 aromatic rings. The van der Waals surface area contributed by atoms with Crippen molar-refractivity contribution in [3.63, 3.8) is 0 Å². The molecule has 0 aromatic carbocycles. The zero-order valence-corrected chi connectivity index (χ0v) is 17.4. The van der Waals surface area contributed by atoms with Crippen LogP contribution in [0.15, 0.2) is 24.4 Å². The second-order valence-corrected chi connectivity index (χ2v) is 7.32. The van der Waals surface area contributed by atoms with Crippen LogP contribution in [0.5, 0.6) is 5.88 Å². The number of aromatic nitrogens is 2. The van der Waals surface area contributed by atoms with E-state index in [1.807, 2.05) is 0 Å². The molecule has 0 aliphatic heterocycles. The Bertz CT molecular complexity index is 933. The Morgan fingerprint density at radius 2 is 1.93 bits per heavy atom. The number of aryl methyl sites for hydroxylation is 1. The van der Waals surface area contributed by atoms with E-state index in [-0.39, 0.29) is 41.5 Å². The monoisotopic (exact) mass is 443 g/mol. The van der Waals surface area contributed by atoms with Crippen molar-refractivity contribution in [2.24, 2.45) is 5.92 Å². The van der Waals surface area contributed by atoms with E-state index >= 15 is 0 Å². The highest BCUT2D eigenvalue weighted by atomic mass is 35.5. The number of ketones is 1. The van der Waals surface area contributed by atoms with Crippen LogP contribution < -0.4 is 10.1 Å². The van der Waals surface area contributed by atoms with Crippen LogP contribution in [-0.4, -0.2) is 28.3 Å². The topological polar surface area (TPSA) is 81.2 Å². The third-order valence-electron chi connectivity index (χ3n) is 3.97. The Morgan fingerprint density at radius 1 is 1.23 bits per heavy atom. The van der Waals surface area contributed by atoms with Gasteiger partial charge in [0.25, 0.3) is 0 Å². The Kier molecular flexibility index (Phi) is 7.77. The molecule has 0 radical (unpaired) electrons. The zero-order valence-electron chi connectivity index (χ0n) is 16.6. The number of alkyl halides is 3. The lowest BCUT2D eigenvalue weighted by molar-refractivity contribution is -0.137. The Hall–Kier alpha value is -2.68. The molecule has 1 amide bonds. The summed E-state index contributed by atoms with van der Waals surface area (Å²) in [7, 11) is 0. The maximum absolute atomic E-state index is 12.6. The molecule has 2 rings (SSSR count). The summed E-state index contributed by atoms with van der Waals surface area (Å²) in [5, 5.41) is 2.40. The molecule has 162 valence electrons. The normalized spacial score (nSPS) is 11.5. The number of hydrogen-bond donors (Lipinski definition) is 1. The van der Waals surface area contributed by atoms with Gasteiger partial charge in [0, 0.05) is 29.8 Å². The summed E-state index contributed by atoms with van der Waals surface area (Å²) in [5.41, 5.74) is 0.00702. The number of hydrogen-bond acceptors (Lipinski definition) is 5. The van der Waals surface area contributed by atoms with Gasteiger partial charge in [0.15, 0.2) is 5.78 Å². The van der Waals surface area contributed by atoms with Crippen LogP contribution in [0.3, 0.4) is 0 Å². The molecule has 0 unspecified atom stereocenters. The van der Waals surface area contributed by atoms with Gasteiger partial charge in [-0.3, -0.25) is 9.59 Å². The second-order valence-electron chi connectivity index (χ2n) is 6.91. The van der Waals surface area contributed by atoms with Gasteiger partial charge in [0.05, 0.1) is 12.2 Å². The van der Waals surface area contributed by atoms with Crippen LogP contribution >= 0.6 is 11.6 Å². The quantitative estimate of drug-likeness (QED) is 0.453. The molecule has 0 aliphatic carbocycles. The van der Waals surface area contributed by atoms with E-state index in [1.165, 1.54) is 6.07 Å². The lowest BCUT2D eigenvalue weighted by atomic mass is 10.1. The molecule has 0 saturated heterocycles. The molecular weight excluding hydrogens is 423 g/mol. The van der Waals surface area contributed by atoms with Gasteiger partial charge in [0.1, 0.15) is 10.8 Å². The second kappa shape index (κ2) is 9.88. The van der Waals surface area contributed by atoms with Gasteiger partial charge in [-0.2, -0.15) is 13.2 Å². The van der Waals surface area contributed by atoms with Crippen molar-refractivity contribution < 1.29 is 27.5 Å². The number of amides is 1. The molecule has 0 saturated carbocycles. The summed E-state index contributed by atoms with van der Waals surface area (Å²) < 4.78 is 43.1. The van der Waals surface area contributed by atoms with Crippen LogP contribution in [0.2, 0.25) is 5.02 Å². The number of halogens is 4. The number of anilines is 1. The molecule has 2 heterocycles. The fourth-order valence-electron chi connectivity index (χ4n) is 2.40. The molecule has 0 fully saturated rings. The predicted octanol–water partition coefficient (Wildman–Crippen LogP) is 5.09. The predicted molar refractivity (Wildman–Crippen MR) is 106 cm³/mol. The van der Waals surface area contributed by atoms with Crippen LogP contribution in [-0.2, 0) is 11.0 Å². The molecule has 0 aliphatic rings. The van der Waals surface area contributed by atoms with Gasteiger partial charge in [-0.25, -0.2) is 9.97 Å². The van der Waals surface area contributed by atoms with Crippen LogP contribution in [0, 0.1) is 12.8 Å². The minimum atomic E-state index is -4.54. The standard InChI is InChI=1S/C20H21ClF3N3O3/c1-11(2)18(29)27-17-8-13(7-12(3)26-17)16(28)5-4-6-30-19-15(21)9-14(10-25-19)20(22,23)24/h7-11H,4-6H2,1-3H3,(H,26,27,29). The number of carbonyl (C=O) groups is 2. The van der Waals surface area contributed by atoms with E-state index < -0.39 is 11.7 Å². The van der Waals surface area contributed by atoms with Crippen molar-refractivity contribution in [2.45, 2.75) is 39.8 Å². The number of carbonyl (C=O) groups excluding carboxylic acids is 2. The number of rotatable bonds is 8. The lowest BCUT2D eigenvalue weighted by Crippen LogP contribution is -2.19. The zero-order chi connectivity index (χ0) is 22.5. The molecule has 0 bridgehead atoms. The van der Waals surface area contributed by atoms with Crippen molar-refractivity contribution in [1.82, 2.24) is 9.97 Å². The highest BCUT2D eigenvalue weighted by Gasteiger charge is 2.31. The Balaban J connectivity index is 1.92. The van der Waals surface area contributed by atoms with Gasteiger partial charge in [-0.15, -0.1) is 0 Å². The molecule has 0 spiro atoms. The van der Waals surface area contributed by atoms with Gasteiger partial charge in [-0.1, -0.05) is 25.4 Å². The average molecular weight is 444 g/mol. The summed E-state index contributed by atoms with van der Waals surface area (Å²) in [6, 6.07) is 3.86. The average Bonchev–Trinajstić information content (AvgIpc) is 2.64. The van der Waals surface area contributed by atoms with Crippen molar-refractivity contribution >= 4 is 29.1 Å². The highest BCUT2D eigenvalue weighted by molar-refractivity contribution is 6.31. The van der Waals surface area contributed by atoms with E-state index in [0.717, 1.165) is 6.07 Å². The Labute approximate surface area is 176 Å². The summed E-state index contributed by atoms with van der Waals surface area (Å²) in [6.45, 7) is 5.25. The molecule has 30 heavy (non-hydrogen) atoms.